The topological polar surface area (TPSA) is 79.4 Å². The molecule has 3 aromatic rings. The van der Waals surface area contributed by atoms with Crippen molar-refractivity contribution in [2.24, 2.45) is 11.1 Å². The van der Waals surface area contributed by atoms with Crippen LogP contribution in [-0.4, -0.2) is 5.78 Å². The van der Waals surface area contributed by atoms with Gasteiger partial charge in [0.15, 0.2) is 5.78 Å². The zero-order valence-corrected chi connectivity index (χ0v) is 26.4. The molecule has 2 aliphatic rings. The SMILES string of the molecule is Cc1cc(C)c(C2C(C#N)=C(N)N(c3cccc(Cl)c3C)C3=C2C(=O)CC(C)(C)C3)cc1COc1ccc(Cl)cc1C. The van der Waals surface area contributed by atoms with Gasteiger partial charge >= 0.3 is 0 Å². The van der Waals surface area contributed by atoms with Crippen LogP contribution in [-0.2, 0) is 11.4 Å². The number of rotatable bonds is 5. The number of Topliss-reactive ketones (excluding diaryl/α,β-unsaturated/α-hetero) is 1. The van der Waals surface area contributed by atoms with Crippen LogP contribution < -0.4 is 15.4 Å². The third-order valence-electron chi connectivity index (χ3n) is 8.42. The van der Waals surface area contributed by atoms with Crippen LogP contribution in [0.3, 0.4) is 0 Å². The number of ether oxygens (including phenoxy) is 1. The fourth-order valence-electron chi connectivity index (χ4n) is 6.25. The molecule has 0 bridgehead atoms. The number of anilines is 1. The largest absolute Gasteiger partial charge is 0.489 e. The van der Waals surface area contributed by atoms with Crippen LogP contribution in [0.25, 0.3) is 0 Å². The van der Waals surface area contributed by atoms with E-state index >= 15 is 0 Å². The molecule has 5 nitrogen and oxygen atoms in total. The highest BCUT2D eigenvalue weighted by Crippen LogP contribution is 2.51. The molecule has 3 aromatic carbocycles. The lowest BCUT2D eigenvalue weighted by molar-refractivity contribution is -0.118. The minimum absolute atomic E-state index is 0.0331. The Labute approximate surface area is 258 Å². The molecule has 1 atom stereocenters. The highest BCUT2D eigenvalue weighted by Gasteiger charge is 2.45. The molecule has 2 N–H and O–H groups in total. The minimum Gasteiger partial charge on any atom is -0.489 e. The Balaban J connectivity index is 1.68. The average molecular weight is 601 g/mol. The Morgan fingerprint density at radius 1 is 1.02 bits per heavy atom. The Hall–Kier alpha value is -3.72. The third-order valence-corrected chi connectivity index (χ3v) is 9.06. The zero-order chi connectivity index (χ0) is 30.5. The smallest absolute Gasteiger partial charge is 0.162 e. The molecule has 1 heterocycles. The van der Waals surface area contributed by atoms with Crippen LogP contribution in [0.1, 0.15) is 66.0 Å². The van der Waals surface area contributed by atoms with E-state index in [9.17, 15) is 10.1 Å². The summed E-state index contributed by atoms with van der Waals surface area (Å²) in [6.07, 6.45) is 1.02. The normalized spacial score (nSPS) is 18.2. The molecular formula is C35H35Cl2N3O2. The first-order valence-corrected chi connectivity index (χ1v) is 14.8. The van der Waals surface area contributed by atoms with Crippen molar-refractivity contribution in [2.75, 3.05) is 4.90 Å². The molecule has 0 spiro atoms. The van der Waals surface area contributed by atoms with Crippen molar-refractivity contribution < 1.29 is 9.53 Å². The Bertz CT molecular complexity index is 1730. The summed E-state index contributed by atoms with van der Waals surface area (Å²) in [5.74, 6) is 0.529. The summed E-state index contributed by atoms with van der Waals surface area (Å²) in [5.41, 5.74) is 14.9. The Morgan fingerprint density at radius 3 is 2.45 bits per heavy atom. The lowest BCUT2D eigenvalue weighted by Crippen LogP contribution is -2.42. The molecule has 0 saturated carbocycles. The van der Waals surface area contributed by atoms with Crippen molar-refractivity contribution in [3.05, 3.63) is 115 Å². The Morgan fingerprint density at radius 2 is 1.76 bits per heavy atom. The summed E-state index contributed by atoms with van der Waals surface area (Å²) in [5, 5.41) is 11.8. The first-order chi connectivity index (χ1) is 19.8. The quantitative estimate of drug-likeness (QED) is 0.317. The predicted octanol–water partition coefficient (Wildman–Crippen LogP) is 8.75. The predicted molar refractivity (Wildman–Crippen MR) is 170 cm³/mol. The van der Waals surface area contributed by atoms with Gasteiger partial charge < -0.3 is 10.5 Å². The van der Waals surface area contributed by atoms with E-state index in [4.69, 9.17) is 33.7 Å². The van der Waals surface area contributed by atoms with E-state index in [1.165, 1.54) is 0 Å². The summed E-state index contributed by atoms with van der Waals surface area (Å²) in [6, 6.07) is 17.7. The number of nitriles is 1. The number of hydrogen-bond acceptors (Lipinski definition) is 5. The second-order valence-electron chi connectivity index (χ2n) is 12.2. The summed E-state index contributed by atoms with van der Waals surface area (Å²) in [6.45, 7) is 12.5. The molecule has 1 aliphatic carbocycles. The van der Waals surface area contributed by atoms with E-state index in [1.807, 2.05) is 69.0 Å². The van der Waals surface area contributed by atoms with Gasteiger partial charge in [0, 0.05) is 27.7 Å². The number of carbonyl (C=O) groups excluding carboxylic acids is 1. The van der Waals surface area contributed by atoms with E-state index in [2.05, 4.69) is 32.0 Å². The lowest BCUT2D eigenvalue weighted by Gasteiger charge is -2.44. The molecule has 5 rings (SSSR count). The second kappa shape index (κ2) is 11.2. The zero-order valence-electron chi connectivity index (χ0n) is 24.9. The number of halogens is 2. The van der Waals surface area contributed by atoms with Crippen molar-refractivity contribution in [3.8, 4) is 11.8 Å². The van der Waals surface area contributed by atoms with Gasteiger partial charge in [-0.15, -0.1) is 0 Å². The number of carbonyl (C=O) groups is 1. The standard InChI is InChI=1S/C35H35Cl2N3O2/c1-19-12-20(2)25(14-23(19)18-42-31-11-10-24(36)13-21(31)3)32-26(17-38)34(39)40(28-9-7-8-27(37)22(28)4)29-15-35(5,6)16-30(41)33(29)32/h7-14,32H,15-16,18,39H2,1-6H3. The monoisotopic (exact) mass is 599 g/mol. The Kier molecular flexibility index (Phi) is 7.91. The fourth-order valence-corrected chi connectivity index (χ4v) is 6.64. The molecule has 216 valence electrons. The van der Waals surface area contributed by atoms with Crippen molar-refractivity contribution in [3.63, 3.8) is 0 Å². The van der Waals surface area contributed by atoms with Crippen molar-refractivity contribution in [1.82, 2.24) is 0 Å². The minimum atomic E-state index is -0.582. The number of ketones is 1. The molecular weight excluding hydrogens is 565 g/mol. The lowest BCUT2D eigenvalue weighted by atomic mass is 9.68. The second-order valence-corrected chi connectivity index (χ2v) is 13.0. The molecule has 0 aromatic heterocycles. The van der Waals surface area contributed by atoms with E-state index in [1.54, 1.807) is 0 Å². The van der Waals surface area contributed by atoms with Crippen molar-refractivity contribution in [2.45, 2.75) is 66.9 Å². The van der Waals surface area contributed by atoms with E-state index in [0.29, 0.717) is 46.5 Å². The van der Waals surface area contributed by atoms with Gasteiger partial charge in [0.25, 0.3) is 0 Å². The molecule has 0 saturated heterocycles. The van der Waals surface area contributed by atoms with Crippen LogP contribution >= 0.6 is 23.2 Å². The third kappa shape index (κ3) is 5.30. The van der Waals surface area contributed by atoms with Gasteiger partial charge in [-0.25, -0.2) is 0 Å². The van der Waals surface area contributed by atoms with Crippen LogP contribution in [0, 0.1) is 44.4 Å². The van der Waals surface area contributed by atoms with Gasteiger partial charge in [0.2, 0.25) is 0 Å². The highest BCUT2D eigenvalue weighted by atomic mass is 35.5. The highest BCUT2D eigenvalue weighted by molar-refractivity contribution is 6.31. The average Bonchev–Trinajstić information content (AvgIpc) is 2.90. The first kappa shape index (κ1) is 29.8. The molecule has 0 radical (unpaired) electrons. The molecule has 1 unspecified atom stereocenters. The van der Waals surface area contributed by atoms with Gasteiger partial charge in [-0.05, 0) is 103 Å². The molecule has 42 heavy (non-hydrogen) atoms. The van der Waals surface area contributed by atoms with Gasteiger partial charge in [-0.1, -0.05) is 55.2 Å². The number of nitrogens with two attached hydrogens (primary N) is 1. The maximum Gasteiger partial charge on any atom is 0.162 e. The molecule has 0 amide bonds. The van der Waals surface area contributed by atoms with E-state index < -0.39 is 5.92 Å². The molecule has 1 aliphatic heterocycles. The number of hydrogen-bond donors (Lipinski definition) is 1. The van der Waals surface area contributed by atoms with Crippen LogP contribution in [0.2, 0.25) is 10.0 Å². The summed E-state index contributed by atoms with van der Waals surface area (Å²) < 4.78 is 6.21. The molecule has 0 fully saturated rings. The molecule has 7 heteroatoms. The first-order valence-electron chi connectivity index (χ1n) is 14.0. The van der Waals surface area contributed by atoms with Gasteiger partial charge in [0.1, 0.15) is 18.2 Å². The fraction of sp³-hybridized carbons (Fsp3) is 0.314. The maximum absolute atomic E-state index is 14.0. The maximum atomic E-state index is 14.0. The van der Waals surface area contributed by atoms with Crippen molar-refractivity contribution >= 4 is 34.7 Å². The van der Waals surface area contributed by atoms with Crippen LogP contribution in [0.4, 0.5) is 5.69 Å². The van der Waals surface area contributed by atoms with Gasteiger partial charge in [0.05, 0.1) is 23.2 Å². The summed E-state index contributed by atoms with van der Waals surface area (Å²) in [4.78, 5) is 15.9. The van der Waals surface area contributed by atoms with Crippen LogP contribution in [0.15, 0.2) is 71.2 Å². The number of allylic oxidation sites excluding steroid dienone is 3. The number of aryl methyl sites for hydroxylation is 3. The van der Waals surface area contributed by atoms with Gasteiger partial charge in [-0.3, -0.25) is 9.69 Å². The van der Waals surface area contributed by atoms with E-state index in [-0.39, 0.29) is 11.2 Å². The summed E-state index contributed by atoms with van der Waals surface area (Å²) in [7, 11) is 0. The van der Waals surface area contributed by atoms with Crippen molar-refractivity contribution in [1.29, 1.82) is 5.26 Å². The number of benzene rings is 3. The van der Waals surface area contributed by atoms with Gasteiger partial charge in [-0.2, -0.15) is 5.26 Å². The summed E-state index contributed by atoms with van der Waals surface area (Å²) >= 11 is 12.7. The van der Waals surface area contributed by atoms with Crippen LogP contribution in [0.5, 0.6) is 5.75 Å². The van der Waals surface area contributed by atoms with E-state index in [0.717, 1.165) is 50.5 Å². The number of nitrogens with zero attached hydrogens (tertiary/aromatic N) is 2.